The van der Waals surface area contributed by atoms with Gasteiger partial charge in [0.15, 0.2) is 0 Å². The van der Waals surface area contributed by atoms with Crippen molar-refractivity contribution < 1.29 is 13.2 Å². The van der Waals surface area contributed by atoms with Gasteiger partial charge in [-0.1, -0.05) is 17.7 Å². The van der Waals surface area contributed by atoms with Crippen molar-refractivity contribution >= 4 is 21.6 Å². The van der Waals surface area contributed by atoms with Gasteiger partial charge >= 0.3 is 0 Å². The second-order valence-corrected chi connectivity index (χ2v) is 6.58. The molecule has 108 valence electrons. The maximum atomic E-state index is 12.3. The summed E-state index contributed by atoms with van der Waals surface area (Å²) in [7, 11) is -2.01. The van der Waals surface area contributed by atoms with E-state index < -0.39 is 10.0 Å². The molecule has 1 aromatic rings. The first-order valence-corrected chi connectivity index (χ1v) is 8.07. The summed E-state index contributed by atoms with van der Waals surface area (Å²) in [6.45, 7) is 4.02. The minimum absolute atomic E-state index is 0.300. The summed E-state index contributed by atoms with van der Waals surface area (Å²) in [6, 6.07) is 4.95. The highest BCUT2D eigenvalue weighted by atomic mass is 35.5. The first-order chi connectivity index (χ1) is 8.90. The number of methoxy groups -OCH3 is 1. The van der Waals surface area contributed by atoms with Crippen molar-refractivity contribution in [2.75, 3.05) is 19.6 Å². The van der Waals surface area contributed by atoms with Gasteiger partial charge in [-0.2, -0.15) is 0 Å². The number of nitrogens with one attached hydrogen (secondary N) is 1. The fraction of sp³-hybridized carbons (Fsp3) is 0.538. The van der Waals surface area contributed by atoms with E-state index in [4.69, 9.17) is 16.3 Å². The smallest absolute Gasteiger partial charge is 0.241 e. The first kappa shape index (κ1) is 16.4. The van der Waals surface area contributed by atoms with Gasteiger partial charge in [-0.3, -0.25) is 0 Å². The largest absolute Gasteiger partial charge is 0.383 e. The molecule has 1 rings (SSSR count). The van der Waals surface area contributed by atoms with E-state index in [1.54, 1.807) is 19.1 Å². The molecule has 0 saturated carbocycles. The fourth-order valence-electron chi connectivity index (χ4n) is 1.89. The van der Waals surface area contributed by atoms with Gasteiger partial charge < -0.3 is 4.74 Å². The second-order valence-electron chi connectivity index (χ2n) is 4.52. The quantitative estimate of drug-likeness (QED) is 0.786. The van der Waals surface area contributed by atoms with E-state index in [1.807, 2.05) is 13.0 Å². The zero-order valence-electron chi connectivity index (χ0n) is 11.4. The standard InChI is InChI=1S/C13H20ClNO3S/c1-10-4-5-13(11(2)8-10)19(16,17)15-12(6-7-14)9-18-3/h4-5,8,12,15H,6-7,9H2,1-3H3. The minimum Gasteiger partial charge on any atom is -0.383 e. The third-order valence-electron chi connectivity index (χ3n) is 2.77. The van der Waals surface area contributed by atoms with Gasteiger partial charge in [0.1, 0.15) is 0 Å². The number of alkyl halides is 1. The normalized spacial score (nSPS) is 13.5. The van der Waals surface area contributed by atoms with Gasteiger partial charge in [0, 0.05) is 19.0 Å². The molecular formula is C13H20ClNO3S. The Morgan fingerprint density at radius 3 is 2.58 bits per heavy atom. The van der Waals surface area contributed by atoms with E-state index in [0.29, 0.717) is 23.8 Å². The summed E-state index contributed by atoms with van der Waals surface area (Å²) < 4.78 is 32.3. The SMILES string of the molecule is COCC(CCCl)NS(=O)(=O)c1ccc(C)cc1C. The van der Waals surface area contributed by atoms with Crippen molar-refractivity contribution in [3.63, 3.8) is 0 Å². The molecule has 0 aromatic heterocycles. The number of benzene rings is 1. The monoisotopic (exact) mass is 305 g/mol. The summed E-state index contributed by atoms with van der Waals surface area (Å²) in [5, 5.41) is 0. The van der Waals surface area contributed by atoms with Crippen molar-refractivity contribution in [2.24, 2.45) is 0 Å². The molecular weight excluding hydrogens is 286 g/mol. The Kier molecular flexibility index (Phi) is 6.26. The summed E-state index contributed by atoms with van der Waals surface area (Å²) >= 11 is 5.67. The Labute approximate surface area is 120 Å². The van der Waals surface area contributed by atoms with Crippen LogP contribution in [0.25, 0.3) is 0 Å². The van der Waals surface area contributed by atoms with Crippen LogP contribution in [0.2, 0.25) is 0 Å². The maximum absolute atomic E-state index is 12.3. The Bertz CT molecular complexity index is 511. The molecule has 0 saturated heterocycles. The van der Waals surface area contributed by atoms with Crippen LogP contribution in [0.15, 0.2) is 23.1 Å². The highest BCUT2D eigenvalue weighted by molar-refractivity contribution is 7.89. The van der Waals surface area contributed by atoms with E-state index in [0.717, 1.165) is 11.1 Å². The molecule has 0 amide bonds. The van der Waals surface area contributed by atoms with Crippen LogP contribution in [0.3, 0.4) is 0 Å². The lowest BCUT2D eigenvalue weighted by Gasteiger charge is -2.18. The number of ether oxygens (including phenoxy) is 1. The molecule has 0 aliphatic rings. The van der Waals surface area contributed by atoms with Gasteiger partial charge in [-0.25, -0.2) is 13.1 Å². The Morgan fingerprint density at radius 2 is 2.05 bits per heavy atom. The Balaban J connectivity index is 2.96. The van der Waals surface area contributed by atoms with Gasteiger partial charge in [0.25, 0.3) is 0 Å². The number of hydrogen-bond donors (Lipinski definition) is 1. The third-order valence-corrected chi connectivity index (χ3v) is 4.67. The topological polar surface area (TPSA) is 55.4 Å². The molecule has 1 unspecified atom stereocenters. The number of sulfonamides is 1. The van der Waals surface area contributed by atoms with Crippen LogP contribution in [0, 0.1) is 13.8 Å². The Morgan fingerprint density at radius 1 is 1.37 bits per heavy atom. The van der Waals surface area contributed by atoms with Gasteiger partial charge in [0.05, 0.1) is 11.5 Å². The lowest BCUT2D eigenvalue weighted by molar-refractivity contribution is 0.173. The lowest BCUT2D eigenvalue weighted by atomic mass is 10.2. The molecule has 0 heterocycles. The third kappa shape index (κ3) is 4.76. The van der Waals surface area contributed by atoms with Crippen LogP contribution in [0.1, 0.15) is 17.5 Å². The van der Waals surface area contributed by atoms with Crippen molar-refractivity contribution in [3.05, 3.63) is 29.3 Å². The van der Waals surface area contributed by atoms with Crippen LogP contribution in [0.4, 0.5) is 0 Å². The number of aryl methyl sites for hydroxylation is 2. The van der Waals surface area contributed by atoms with E-state index in [2.05, 4.69) is 4.72 Å². The van der Waals surface area contributed by atoms with Crippen molar-refractivity contribution in [3.8, 4) is 0 Å². The zero-order valence-corrected chi connectivity index (χ0v) is 13.0. The van der Waals surface area contributed by atoms with Gasteiger partial charge in [-0.15, -0.1) is 11.6 Å². The number of halogens is 1. The fourth-order valence-corrected chi connectivity index (χ4v) is 3.64. The molecule has 1 atom stereocenters. The van der Waals surface area contributed by atoms with Gasteiger partial charge in [-0.05, 0) is 31.9 Å². The molecule has 0 radical (unpaired) electrons. The second kappa shape index (κ2) is 7.24. The molecule has 1 N–H and O–H groups in total. The molecule has 0 bridgehead atoms. The average Bonchev–Trinajstić information content (AvgIpc) is 2.28. The highest BCUT2D eigenvalue weighted by Crippen LogP contribution is 2.17. The number of rotatable bonds is 7. The molecule has 19 heavy (non-hydrogen) atoms. The molecule has 4 nitrogen and oxygen atoms in total. The molecule has 0 spiro atoms. The van der Waals surface area contributed by atoms with E-state index in [-0.39, 0.29) is 6.04 Å². The van der Waals surface area contributed by atoms with Crippen LogP contribution < -0.4 is 4.72 Å². The Hall–Kier alpha value is -0.620. The summed E-state index contributed by atoms with van der Waals surface area (Å²) in [5.41, 5.74) is 1.76. The predicted molar refractivity (Wildman–Crippen MR) is 77.2 cm³/mol. The molecule has 0 aliphatic carbocycles. The zero-order chi connectivity index (χ0) is 14.5. The van der Waals surface area contributed by atoms with E-state index in [1.165, 1.54) is 7.11 Å². The van der Waals surface area contributed by atoms with Crippen molar-refractivity contribution in [2.45, 2.75) is 31.2 Å². The summed E-state index contributed by atoms with van der Waals surface area (Å²) in [6.07, 6.45) is 0.527. The predicted octanol–water partition coefficient (Wildman–Crippen LogP) is 2.23. The van der Waals surface area contributed by atoms with Crippen LogP contribution >= 0.6 is 11.6 Å². The van der Waals surface area contributed by atoms with Crippen LogP contribution in [-0.4, -0.2) is 34.1 Å². The summed E-state index contributed by atoms with van der Waals surface area (Å²) in [5.74, 6) is 0.378. The van der Waals surface area contributed by atoms with Crippen molar-refractivity contribution in [1.29, 1.82) is 0 Å². The lowest BCUT2D eigenvalue weighted by Crippen LogP contribution is -2.38. The molecule has 0 fully saturated rings. The van der Waals surface area contributed by atoms with Crippen molar-refractivity contribution in [1.82, 2.24) is 4.72 Å². The highest BCUT2D eigenvalue weighted by Gasteiger charge is 2.21. The summed E-state index contributed by atoms with van der Waals surface area (Å²) in [4.78, 5) is 0.300. The maximum Gasteiger partial charge on any atom is 0.241 e. The molecule has 0 aliphatic heterocycles. The van der Waals surface area contributed by atoms with Crippen LogP contribution in [-0.2, 0) is 14.8 Å². The first-order valence-electron chi connectivity index (χ1n) is 6.05. The molecule has 6 heteroatoms. The average molecular weight is 306 g/mol. The van der Waals surface area contributed by atoms with Gasteiger partial charge in [0.2, 0.25) is 10.0 Å². The molecule has 1 aromatic carbocycles. The van der Waals surface area contributed by atoms with E-state index >= 15 is 0 Å². The van der Waals surface area contributed by atoms with E-state index in [9.17, 15) is 8.42 Å². The van der Waals surface area contributed by atoms with Crippen LogP contribution in [0.5, 0.6) is 0 Å². The number of hydrogen-bond acceptors (Lipinski definition) is 3. The minimum atomic E-state index is -3.54.